The van der Waals surface area contributed by atoms with Gasteiger partial charge in [0.2, 0.25) is 5.78 Å². The Morgan fingerprint density at radius 3 is 2.29 bits per heavy atom. The molecule has 0 radical (unpaired) electrons. The fraction of sp³-hybridized carbons (Fsp3) is 0.581. The average molecular weight is 601 g/mol. The zero-order chi connectivity index (χ0) is 31.0. The molecule has 2 fully saturated rings. The van der Waals surface area contributed by atoms with E-state index >= 15 is 0 Å². The van der Waals surface area contributed by atoms with Crippen LogP contribution in [0.2, 0.25) is 0 Å². The second-order valence-electron chi connectivity index (χ2n) is 13.3. The summed E-state index contributed by atoms with van der Waals surface area (Å²) in [6.07, 6.45) is 2.69. The number of rotatable bonds is 5. The summed E-state index contributed by atoms with van der Waals surface area (Å²) in [5, 5.41) is 58.8. The molecule has 10 nitrogen and oxygen atoms in total. The standard InChI is InChI=1S/C31H40N2O8S/c1-30(2,3)16-11-10-14-15(12-42-13-8-6-7-9-13)17-19(24(35)18(14)23(16)34)27(38)31(41)21(25(17)36)22(33(4)5)26(37)20(28(31)39)29(32)40/h10-11,13,15,17,21-22,25,34-36,39,41H,6-9,12H2,1-5H3,(H2,32,40)/t15?,17?,21?,22-,25-,31-/m0/s1. The highest BCUT2D eigenvalue weighted by atomic mass is 32.2. The van der Waals surface area contributed by atoms with E-state index in [-0.39, 0.29) is 16.9 Å². The van der Waals surface area contributed by atoms with Gasteiger partial charge in [0, 0.05) is 34.0 Å². The number of phenolic OH excluding ortho intramolecular Hbond substituents is 1. The zero-order valence-corrected chi connectivity index (χ0v) is 25.4. The molecule has 4 aliphatic carbocycles. The van der Waals surface area contributed by atoms with Crippen molar-refractivity contribution in [1.29, 1.82) is 0 Å². The first-order valence-electron chi connectivity index (χ1n) is 14.4. The molecule has 0 aromatic heterocycles. The largest absolute Gasteiger partial charge is 0.508 e. The highest BCUT2D eigenvalue weighted by Gasteiger charge is 2.68. The van der Waals surface area contributed by atoms with Gasteiger partial charge in [0.05, 0.1) is 23.6 Å². The van der Waals surface area contributed by atoms with E-state index < -0.39 is 75.5 Å². The maximum absolute atomic E-state index is 14.4. The molecule has 0 heterocycles. The molecule has 2 saturated carbocycles. The summed E-state index contributed by atoms with van der Waals surface area (Å²) >= 11 is 1.70. The molecule has 11 heteroatoms. The molecular weight excluding hydrogens is 560 g/mol. The molecule has 5 rings (SSSR count). The Balaban J connectivity index is 1.78. The summed E-state index contributed by atoms with van der Waals surface area (Å²) in [4.78, 5) is 41.5. The van der Waals surface area contributed by atoms with E-state index in [4.69, 9.17) is 5.73 Å². The summed E-state index contributed by atoms with van der Waals surface area (Å²) in [6.45, 7) is 5.69. The van der Waals surface area contributed by atoms with Crippen LogP contribution in [0.25, 0.3) is 5.76 Å². The first-order valence-corrected chi connectivity index (χ1v) is 15.4. The minimum atomic E-state index is -2.93. The Labute approximate surface area is 249 Å². The van der Waals surface area contributed by atoms with Gasteiger partial charge in [-0.3, -0.25) is 19.3 Å². The number of ketones is 2. The SMILES string of the molecule is CN(C)[C@@H]1C(=O)C(C(N)=O)=C(O)[C@@]2(O)C(=O)C3=C(O)c4c(ccc(C(C)(C)C)c4O)C(CSC4CCCC4)C3[C@H](O)C12. The number of primary amides is 1. The molecule has 0 saturated heterocycles. The number of aliphatic hydroxyl groups is 4. The molecule has 0 bridgehead atoms. The van der Waals surface area contributed by atoms with Crippen LogP contribution in [0.5, 0.6) is 5.75 Å². The van der Waals surface area contributed by atoms with Gasteiger partial charge >= 0.3 is 0 Å². The van der Waals surface area contributed by atoms with E-state index in [2.05, 4.69) is 0 Å². The molecule has 7 N–H and O–H groups in total. The molecule has 4 aliphatic rings. The lowest BCUT2D eigenvalue weighted by atomic mass is 9.54. The van der Waals surface area contributed by atoms with Gasteiger partial charge in [-0.1, -0.05) is 45.7 Å². The van der Waals surface area contributed by atoms with Gasteiger partial charge in [0.1, 0.15) is 22.8 Å². The topological polar surface area (TPSA) is 182 Å². The molecule has 3 unspecified atom stereocenters. The van der Waals surface area contributed by atoms with Crippen LogP contribution in [0.15, 0.2) is 29.0 Å². The van der Waals surface area contributed by atoms with Crippen molar-refractivity contribution in [2.24, 2.45) is 17.6 Å². The normalized spacial score (nSPS) is 31.9. The Kier molecular flexibility index (Phi) is 7.57. The number of fused-ring (bicyclic) bond motifs is 3. The lowest BCUT2D eigenvalue weighted by Crippen LogP contribution is -2.70. The van der Waals surface area contributed by atoms with Gasteiger partial charge in [-0.15, -0.1) is 0 Å². The number of hydrogen-bond acceptors (Lipinski definition) is 10. The highest BCUT2D eigenvalue weighted by molar-refractivity contribution is 7.99. The predicted octanol–water partition coefficient (Wildman–Crippen LogP) is 2.45. The van der Waals surface area contributed by atoms with Gasteiger partial charge in [-0.2, -0.15) is 11.8 Å². The lowest BCUT2D eigenvalue weighted by molar-refractivity contribution is -0.169. The van der Waals surface area contributed by atoms with Crippen LogP contribution in [-0.4, -0.2) is 90.8 Å². The monoisotopic (exact) mass is 600 g/mol. The van der Waals surface area contributed by atoms with Crippen LogP contribution in [0, 0.1) is 11.8 Å². The summed E-state index contributed by atoms with van der Waals surface area (Å²) in [5.74, 6) is -8.21. The van der Waals surface area contributed by atoms with Crippen molar-refractivity contribution in [3.05, 3.63) is 45.7 Å². The van der Waals surface area contributed by atoms with Crippen LogP contribution in [0.4, 0.5) is 0 Å². The molecular formula is C31H40N2O8S. The van der Waals surface area contributed by atoms with Gasteiger partial charge in [0.15, 0.2) is 11.4 Å². The van der Waals surface area contributed by atoms with Crippen molar-refractivity contribution in [2.45, 2.75) is 80.8 Å². The fourth-order valence-electron chi connectivity index (χ4n) is 7.53. The van der Waals surface area contributed by atoms with Crippen molar-refractivity contribution >= 4 is 35.0 Å². The second-order valence-corrected chi connectivity index (χ2v) is 14.6. The van der Waals surface area contributed by atoms with Crippen molar-refractivity contribution in [3.63, 3.8) is 0 Å². The van der Waals surface area contributed by atoms with E-state index in [1.165, 1.54) is 19.0 Å². The summed E-state index contributed by atoms with van der Waals surface area (Å²) < 4.78 is 0. The number of thioether (sulfide) groups is 1. The van der Waals surface area contributed by atoms with Crippen LogP contribution < -0.4 is 5.73 Å². The third kappa shape index (κ3) is 4.31. The van der Waals surface area contributed by atoms with Gasteiger partial charge in [-0.25, -0.2) is 0 Å². The number of aliphatic hydroxyl groups excluding tert-OH is 3. The van der Waals surface area contributed by atoms with Crippen LogP contribution in [0.3, 0.4) is 0 Å². The Morgan fingerprint density at radius 1 is 1.12 bits per heavy atom. The molecule has 1 aromatic carbocycles. The van der Waals surface area contributed by atoms with Crippen molar-refractivity contribution < 1.29 is 39.9 Å². The second kappa shape index (κ2) is 10.4. The number of carbonyl (C=O) groups excluding carboxylic acids is 3. The quantitative estimate of drug-likeness (QED) is 0.275. The number of nitrogens with zero attached hydrogens (tertiary/aromatic N) is 1. The number of carbonyl (C=O) groups is 3. The number of nitrogens with two attached hydrogens (primary N) is 1. The summed E-state index contributed by atoms with van der Waals surface area (Å²) in [7, 11) is 3.00. The maximum atomic E-state index is 14.4. The van der Waals surface area contributed by atoms with E-state index in [1.54, 1.807) is 23.9 Å². The first kappa shape index (κ1) is 30.6. The minimum Gasteiger partial charge on any atom is -0.508 e. The Hall–Kier alpha value is -2.86. The first-order chi connectivity index (χ1) is 19.5. The molecule has 1 amide bonds. The van der Waals surface area contributed by atoms with Gasteiger partial charge in [-0.05, 0) is 37.9 Å². The molecule has 0 aliphatic heterocycles. The third-order valence-electron chi connectivity index (χ3n) is 9.55. The number of benzene rings is 1. The summed E-state index contributed by atoms with van der Waals surface area (Å²) in [6, 6.07) is 2.21. The van der Waals surface area contributed by atoms with E-state index in [1.807, 2.05) is 20.8 Å². The van der Waals surface area contributed by atoms with E-state index in [9.17, 15) is 39.9 Å². The maximum Gasteiger partial charge on any atom is 0.255 e. The number of Topliss-reactive ketones (excluding diaryl/α,β-unsaturated/α-hetero) is 2. The fourth-order valence-corrected chi connectivity index (χ4v) is 9.07. The lowest BCUT2D eigenvalue weighted by Gasteiger charge is -2.54. The predicted molar refractivity (Wildman–Crippen MR) is 158 cm³/mol. The van der Waals surface area contributed by atoms with Crippen molar-refractivity contribution in [1.82, 2.24) is 4.90 Å². The minimum absolute atomic E-state index is 0.0444. The average Bonchev–Trinajstić information content (AvgIpc) is 3.41. The molecule has 42 heavy (non-hydrogen) atoms. The molecule has 0 spiro atoms. The van der Waals surface area contributed by atoms with Gasteiger partial charge < -0.3 is 31.3 Å². The van der Waals surface area contributed by atoms with Crippen LogP contribution >= 0.6 is 11.8 Å². The van der Waals surface area contributed by atoms with Crippen molar-refractivity contribution in [3.8, 4) is 5.75 Å². The Morgan fingerprint density at radius 2 is 1.74 bits per heavy atom. The number of amides is 1. The third-order valence-corrected chi connectivity index (χ3v) is 11.0. The molecule has 1 aromatic rings. The number of hydrogen-bond donors (Lipinski definition) is 6. The summed E-state index contributed by atoms with van der Waals surface area (Å²) in [5.41, 5.74) is 1.82. The smallest absolute Gasteiger partial charge is 0.255 e. The number of aromatic hydroxyl groups is 1. The van der Waals surface area contributed by atoms with Crippen molar-refractivity contribution in [2.75, 3.05) is 19.8 Å². The highest BCUT2D eigenvalue weighted by Crippen LogP contribution is 2.57. The van der Waals surface area contributed by atoms with E-state index in [0.29, 0.717) is 22.1 Å². The van der Waals surface area contributed by atoms with Crippen LogP contribution in [-0.2, 0) is 19.8 Å². The molecule has 228 valence electrons. The van der Waals surface area contributed by atoms with E-state index in [0.717, 1.165) is 25.7 Å². The number of phenols is 1. The molecule has 6 atom stereocenters. The van der Waals surface area contributed by atoms with Crippen LogP contribution in [0.1, 0.15) is 69.1 Å². The zero-order valence-electron chi connectivity index (χ0n) is 24.5. The number of likely N-dealkylation sites (N-methyl/N-ethyl adjacent to an activating group) is 1. The van der Waals surface area contributed by atoms with Gasteiger partial charge in [0.25, 0.3) is 5.91 Å². The Bertz CT molecular complexity index is 1420.